The predicted molar refractivity (Wildman–Crippen MR) is 73.4 cm³/mol. The van der Waals surface area contributed by atoms with E-state index in [9.17, 15) is 4.79 Å². The van der Waals surface area contributed by atoms with Gasteiger partial charge in [0.05, 0.1) is 5.54 Å². The number of aldehydes is 1. The van der Waals surface area contributed by atoms with Crippen LogP contribution in [0, 0.1) is 0 Å². The van der Waals surface area contributed by atoms with E-state index in [4.69, 9.17) is 8.85 Å². The van der Waals surface area contributed by atoms with Crippen molar-refractivity contribution in [3.8, 4) is 0 Å². The SMILES string of the molecule is CCCCCCCC(C=O)[Si](CC)(OC)OC. The van der Waals surface area contributed by atoms with Gasteiger partial charge >= 0.3 is 8.56 Å². The van der Waals surface area contributed by atoms with Gasteiger partial charge in [0.2, 0.25) is 0 Å². The molecule has 1 unspecified atom stereocenters. The summed E-state index contributed by atoms with van der Waals surface area (Å²) in [5.74, 6) is 0. The van der Waals surface area contributed by atoms with Gasteiger partial charge in [-0.2, -0.15) is 0 Å². The third-order valence-corrected chi connectivity index (χ3v) is 7.45. The molecule has 0 fully saturated rings. The number of carbonyl (C=O) groups is 1. The summed E-state index contributed by atoms with van der Waals surface area (Å²) in [5, 5.41) is 0. The highest BCUT2D eigenvalue weighted by molar-refractivity contribution is 6.71. The minimum Gasteiger partial charge on any atom is -0.397 e. The number of rotatable bonds is 11. The van der Waals surface area contributed by atoms with Crippen LogP contribution in [-0.2, 0) is 13.6 Å². The van der Waals surface area contributed by atoms with Gasteiger partial charge in [0.1, 0.15) is 6.29 Å². The van der Waals surface area contributed by atoms with Crippen molar-refractivity contribution >= 4 is 14.8 Å². The minimum absolute atomic E-state index is 0.0240. The van der Waals surface area contributed by atoms with E-state index in [2.05, 4.69) is 6.92 Å². The van der Waals surface area contributed by atoms with Crippen LogP contribution in [0.15, 0.2) is 0 Å². The molecule has 0 aliphatic carbocycles. The Morgan fingerprint density at radius 2 is 1.65 bits per heavy atom. The Morgan fingerprint density at radius 3 is 2.06 bits per heavy atom. The Labute approximate surface area is 107 Å². The smallest absolute Gasteiger partial charge is 0.347 e. The minimum atomic E-state index is -2.28. The van der Waals surface area contributed by atoms with Gasteiger partial charge in [-0.3, -0.25) is 0 Å². The van der Waals surface area contributed by atoms with Crippen LogP contribution in [0.25, 0.3) is 0 Å². The highest BCUT2D eigenvalue weighted by Crippen LogP contribution is 2.30. The summed E-state index contributed by atoms with van der Waals surface area (Å²) >= 11 is 0. The molecule has 17 heavy (non-hydrogen) atoms. The maximum atomic E-state index is 11.2. The second kappa shape index (κ2) is 9.80. The molecule has 0 aromatic rings. The molecule has 4 heteroatoms. The summed E-state index contributed by atoms with van der Waals surface area (Å²) in [5.41, 5.74) is -0.0240. The van der Waals surface area contributed by atoms with E-state index in [-0.39, 0.29) is 5.54 Å². The highest BCUT2D eigenvalue weighted by Gasteiger charge is 2.42. The van der Waals surface area contributed by atoms with Crippen molar-refractivity contribution in [2.75, 3.05) is 14.2 Å². The molecule has 3 nitrogen and oxygen atoms in total. The second-order valence-electron chi connectivity index (χ2n) is 4.52. The molecule has 0 saturated heterocycles. The van der Waals surface area contributed by atoms with Crippen molar-refractivity contribution in [2.24, 2.45) is 0 Å². The fourth-order valence-electron chi connectivity index (χ4n) is 2.30. The summed E-state index contributed by atoms with van der Waals surface area (Å²) in [6.45, 7) is 4.26. The van der Waals surface area contributed by atoms with Crippen LogP contribution in [0.2, 0.25) is 11.6 Å². The molecule has 0 heterocycles. The topological polar surface area (TPSA) is 35.5 Å². The maximum absolute atomic E-state index is 11.2. The molecule has 0 bridgehead atoms. The Bertz CT molecular complexity index is 185. The van der Waals surface area contributed by atoms with E-state index in [1.165, 1.54) is 25.7 Å². The van der Waals surface area contributed by atoms with E-state index in [0.29, 0.717) is 0 Å². The van der Waals surface area contributed by atoms with Crippen molar-refractivity contribution in [3.63, 3.8) is 0 Å². The molecule has 0 aromatic carbocycles. The van der Waals surface area contributed by atoms with Gasteiger partial charge in [-0.15, -0.1) is 0 Å². The van der Waals surface area contributed by atoms with Crippen LogP contribution < -0.4 is 0 Å². The van der Waals surface area contributed by atoms with E-state index in [0.717, 1.165) is 25.2 Å². The van der Waals surface area contributed by atoms with Crippen LogP contribution in [0.5, 0.6) is 0 Å². The first-order valence-electron chi connectivity index (χ1n) is 6.76. The summed E-state index contributed by atoms with van der Waals surface area (Å²) < 4.78 is 11.1. The van der Waals surface area contributed by atoms with E-state index in [1.54, 1.807) is 14.2 Å². The number of unbranched alkanes of at least 4 members (excludes halogenated alkanes) is 4. The van der Waals surface area contributed by atoms with Crippen molar-refractivity contribution < 1.29 is 13.6 Å². The van der Waals surface area contributed by atoms with E-state index < -0.39 is 8.56 Å². The Kier molecular flexibility index (Phi) is 9.69. The standard InChI is InChI=1S/C13H28O3Si/c1-5-7-8-9-10-11-13(12-14)17(6-2,15-3)16-4/h12-13H,5-11H2,1-4H3. The fraction of sp³-hybridized carbons (Fsp3) is 0.923. The van der Waals surface area contributed by atoms with Crippen LogP contribution in [0.4, 0.5) is 0 Å². The third kappa shape index (κ3) is 5.32. The van der Waals surface area contributed by atoms with Crippen LogP contribution in [0.1, 0.15) is 52.4 Å². The van der Waals surface area contributed by atoms with Crippen LogP contribution in [-0.4, -0.2) is 29.1 Å². The lowest BCUT2D eigenvalue weighted by atomic mass is 10.1. The van der Waals surface area contributed by atoms with E-state index in [1.807, 2.05) is 6.92 Å². The number of hydrogen-bond donors (Lipinski definition) is 0. The predicted octanol–water partition coefficient (Wildman–Crippen LogP) is 3.67. The first kappa shape index (κ1) is 16.8. The van der Waals surface area contributed by atoms with Crippen molar-refractivity contribution in [3.05, 3.63) is 0 Å². The molecule has 0 radical (unpaired) electrons. The average Bonchev–Trinajstić information content (AvgIpc) is 2.38. The molecule has 0 rings (SSSR count). The van der Waals surface area contributed by atoms with Gasteiger partial charge in [0.15, 0.2) is 0 Å². The zero-order valence-corrected chi connectivity index (χ0v) is 12.8. The van der Waals surface area contributed by atoms with Gasteiger partial charge in [0.25, 0.3) is 0 Å². The molecular formula is C13H28O3Si. The molecule has 0 aliphatic rings. The zero-order chi connectivity index (χ0) is 13.1. The Balaban J connectivity index is 4.16. The lowest BCUT2D eigenvalue weighted by Crippen LogP contribution is -2.45. The second-order valence-corrected chi connectivity index (χ2v) is 8.41. The molecule has 0 amide bonds. The van der Waals surface area contributed by atoms with Crippen LogP contribution in [0.3, 0.4) is 0 Å². The molecule has 0 aromatic heterocycles. The van der Waals surface area contributed by atoms with Crippen molar-refractivity contribution in [1.82, 2.24) is 0 Å². The first-order chi connectivity index (χ1) is 8.20. The maximum Gasteiger partial charge on any atom is 0.347 e. The number of carbonyl (C=O) groups excluding carboxylic acids is 1. The summed E-state index contributed by atoms with van der Waals surface area (Å²) in [4.78, 5) is 11.2. The fourth-order valence-corrected chi connectivity index (χ4v) is 5.02. The van der Waals surface area contributed by atoms with Gasteiger partial charge < -0.3 is 13.6 Å². The van der Waals surface area contributed by atoms with Gasteiger partial charge in [-0.25, -0.2) is 0 Å². The third-order valence-electron chi connectivity index (χ3n) is 3.53. The summed E-state index contributed by atoms with van der Waals surface area (Å²) in [6.07, 6.45) is 8.07. The largest absolute Gasteiger partial charge is 0.397 e. The van der Waals surface area contributed by atoms with Crippen molar-refractivity contribution in [1.29, 1.82) is 0 Å². The first-order valence-corrected chi connectivity index (χ1v) is 8.86. The molecular weight excluding hydrogens is 232 g/mol. The lowest BCUT2D eigenvalue weighted by Gasteiger charge is -2.31. The molecule has 0 N–H and O–H groups in total. The van der Waals surface area contributed by atoms with Crippen LogP contribution >= 0.6 is 0 Å². The van der Waals surface area contributed by atoms with Gasteiger partial charge in [0, 0.05) is 14.2 Å². The van der Waals surface area contributed by atoms with Crippen molar-refractivity contribution in [2.45, 2.75) is 64.0 Å². The molecule has 0 spiro atoms. The monoisotopic (exact) mass is 260 g/mol. The lowest BCUT2D eigenvalue weighted by molar-refractivity contribution is -0.108. The summed E-state index contributed by atoms with van der Waals surface area (Å²) in [6, 6.07) is 0.832. The van der Waals surface area contributed by atoms with Gasteiger partial charge in [-0.1, -0.05) is 46.0 Å². The normalized spacial score (nSPS) is 13.6. The summed E-state index contributed by atoms with van der Waals surface area (Å²) in [7, 11) is 1.06. The quantitative estimate of drug-likeness (QED) is 0.323. The molecule has 0 aliphatic heterocycles. The van der Waals surface area contributed by atoms with E-state index >= 15 is 0 Å². The molecule has 0 saturated carbocycles. The Hall–Kier alpha value is -0.193. The highest BCUT2D eigenvalue weighted by atomic mass is 28.4. The van der Waals surface area contributed by atoms with Gasteiger partial charge in [-0.05, 0) is 12.5 Å². The zero-order valence-electron chi connectivity index (χ0n) is 11.8. The molecule has 102 valence electrons. The average molecular weight is 260 g/mol. The number of hydrogen-bond acceptors (Lipinski definition) is 3. The molecule has 1 atom stereocenters. The Morgan fingerprint density at radius 1 is 1.06 bits per heavy atom.